The molecule has 0 aliphatic carbocycles. The predicted molar refractivity (Wildman–Crippen MR) is 119 cm³/mol. The molecule has 0 aliphatic rings. The lowest BCUT2D eigenvalue weighted by Crippen LogP contribution is -2.53. The van der Waals surface area contributed by atoms with E-state index in [9.17, 15) is 9.59 Å². The molecule has 0 radical (unpaired) electrons. The van der Waals surface area contributed by atoms with E-state index < -0.39 is 6.04 Å². The molecule has 0 saturated heterocycles. The number of nitrogens with one attached hydrogen (secondary N) is 1. The Bertz CT molecular complexity index is 815. The van der Waals surface area contributed by atoms with Gasteiger partial charge in [0, 0.05) is 23.5 Å². The van der Waals surface area contributed by atoms with Gasteiger partial charge in [-0.25, -0.2) is 0 Å². The minimum absolute atomic E-state index is 0.0441. The number of hydrogen-bond acceptors (Lipinski definition) is 2. The molecule has 0 aromatic heterocycles. The zero-order valence-corrected chi connectivity index (χ0v) is 18.5. The van der Waals surface area contributed by atoms with E-state index >= 15 is 0 Å². The summed E-state index contributed by atoms with van der Waals surface area (Å²) in [5, 5.41) is 3.64. The van der Waals surface area contributed by atoms with E-state index in [0.29, 0.717) is 30.8 Å². The molecule has 2 rings (SSSR count). The number of rotatable bonds is 8. The van der Waals surface area contributed by atoms with Crippen LogP contribution in [0.1, 0.15) is 45.2 Å². The Hall–Kier alpha value is -2.33. The topological polar surface area (TPSA) is 49.4 Å². The van der Waals surface area contributed by atoms with E-state index in [4.69, 9.17) is 11.6 Å². The summed E-state index contributed by atoms with van der Waals surface area (Å²) in [5.74, 6) is -0.186. The lowest BCUT2D eigenvalue weighted by Gasteiger charge is -2.31. The van der Waals surface area contributed by atoms with Crippen molar-refractivity contribution in [3.63, 3.8) is 0 Å². The van der Waals surface area contributed by atoms with Gasteiger partial charge in [0.1, 0.15) is 6.04 Å². The summed E-state index contributed by atoms with van der Waals surface area (Å²) in [5.41, 5.74) is 1.73. The zero-order chi connectivity index (χ0) is 21.4. The average Bonchev–Trinajstić information content (AvgIpc) is 2.66. The number of benzene rings is 2. The molecule has 1 atom stereocenters. The lowest BCUT2D eigenvalue weighted by molar-refractivity contribution is -0.140. The molecule has 0 unspecified atom stereocenters. The highest BCUT2D eigenvalue weighted by Crippen LogP contribution is 2.18. The molecule has 29 heavy (non-hydrogen) atoms. The Morgan fingerprint density at radius 3 is 2.24 bits per heavy atom. The van der Waals surface area contributed by atoms with Crippen molar-refractivity contribution in [2.45, 2.75) is 58.5 Å². The summed E-state index contributed by atoms with van der Waals surface area (Å²) in [7, 11) is 0. The van der Waals surface area contributed by atoms with Gasteiger partial charge in [-0.2, -0.15) is 0 Å². The highest BCUT2D eigenvalue weighted by Gasteiger charge is 2.27. The minimum atomic E-state index is -0.545. The third-order valence-electron chi connectivity index (χ3n) is 4.72. The van der Waals surface area contributed by atoms with Crippen LogP contribution in [0.15, 0.2) is 54.6 Å². The van der Waals surface area contributed by atoms with Crippen molar-refractivity contribution >= 4 is 23.4 Å². The molecule has 156 valence electrons. The molecule has 1 N–H and O–H groups in total. The first kappa shape index (κ1) is 23.0. The van der Waals surface area contributed by atoms with Crippen LogP contribution in [0, 0.1) is 0 Å². The van der Waals surface area contributed by atoms with Crippen LogP contribution in [0.3, 0.4) is 0 Å². The molecule has 2 amide bonds. The normalized spacial score (nSPS) is 12.3. The van der Waals surface area contributed by atoms with Crippen molar-refractivity contribution in [1.29, 1.82) is 0 Å². The van der Waals surface area contributed by atoms with Gasteiger partial charge in [0.15, 0.2) is 0 Å². The molecule has 0 bridgehead atoms. The van der Waals surface area contributed by atoms with Gasteiger partial charge in [-0.3, -0.25) is 9.59 Å². The molecule has 0 saturated carbocycles. The Morgan fingerprint density at radius 1 is 1.00 bits per heavy atom. The second-order valence-corrected chi connectivity index (χ2v) is 8.74. The van der Waals surface area contributed by atoms with E-state index in [2.05, 4.69) is 5.32 Å². The number of aryl methyl sites for hydroxylation is 1. The van der Waals surface area contributed by atoms with Crippen LogP contribution in [0.25, 0.3) is 0 Å². The molecule has 0 heterocycles. The zero-order valence-electron chi connectivity index (χ0n) is 17.7. The van der Waals surface area contributed by atoms with Gasteiger partial charge in [-0.15, -0.1) is 0 Å². The Labute approximate surface area is 179 Å². The predicted octanol–water partition coefficient (Wildman–Crippen LogP) is 4.65. The van der Waals surface area contributed by atoms with Gasteiger partial charge in [0.05, 0.1) is 0 Å². The first-order valence-corrected chi connectivity index (χ1v) is 10.4. The molecule has 5 heteroatoms. The third-order valence-corrected chi connectivity index (χ3v) is 5.08. The van der Waals surface area contributed by atoms with Gasteiger partial charge >= 0.3 is 0 Å². The van der Waals surface area contributed by atoms with Crippen molar-refractivity contribution < 1.29 is 9.59 Å². The quantitative estimate of drug-likeness (QED) is 0.683. The SMILES string of the molecule is C[C@H](C(=O)NC(C)(C)C)N(CCc1ccccc1)C(=O)CCc1ccccc1Cl. The van der Waals surface area contributed by atoms with E-state index in [1.54, 1.807) is 11.8 Å². The van der Waals surface area contributed by atoms with Crippen LogP contribution in [0.4, 0.5) is 0 Å². The average molecular weight is 415 g/mol. The van der Waals surface area contributed by atoms with E-state index in [1.165, 1.54) is 0 Å². The summed E-state index contributed by atoms with van der Waals surface area (Å²) >= 11 is 6.23. The number of amides is 2. The van der Waals surface area contributed by atoms with Crippen LogP contribution in [0.5, 0.6) is 0 Å². The van der Waals surface area contributed by atoms with Crippen LogP contribution in [-0.2, 0) is 22.4 Å². The summed E-state index contributed by atoms with van der Waals surface area (Å²) in [6, 6.07) is 17.0. The fourth-order valence-electron chi connectivity index (χ4n) is 3.13. The Morgan fingerprint density at radius 2 is 1.62 bits per heavy atom. The largest absolute Gasteiger partial charge is 0.350 e. The van der Waals surface area contributed by atoms with Crippen molar-refractivity contribution in [2.24, 2.45) is 0 Å². The second-order valence-electron chi connectivity index (χ2n) is 8.33. The first-order valence-electron chi connectivity index (χ1n) is 10.1. The minimum Gasteiger partial charge on any atom is -0.350 e. The highest BCUT2D eigenvalue weighted by atomic mass is 35.5. The van der Waals surface area contributed by atoms with Crippen LogP contribution < -0.4 is 5.32 Å². The van der Waals surface area contributed by atoms with Gasteiger partial charge in [-0.05, 0) is 57.7 Å². The smallest absolute Gasteiger partial charge is 0.242 e. The molecular weight excluding hydrogens is 384 g/mol. The number of nitrogens with zero attached hydrogens (tertiary/aromatic N) is 1. The maximum absolute atomic E-state index is 13.1. The summed E-state index contributed by atoms with van der Waals surface area (Å²) in [4.78, 5) is 27.5. The van der Waals surface area contributed by atoms with Gasteiger partial charge in [-0.1, -0.05) is 60.1 Å². The molecule has 0 spiro atoms. The monoisotopic (exact) mass is 414 g/mol. The third kappa shape index (κ3) is 7.54. The second kappa shape index (κ2) is 10.4. The van der Waals surface area contributed by atoms with E-state index in [1.807, 2.05) is 75.4 Å². The maximum atomic E-state index is 13.1. The highest BCUT2D eigenvalue weighted by molar-refractivity contribution is 6.31. The molecule has 0 aliphatic heterocycles. The molecule has 2 aromatic carbocycles. The van der Waals surface area contributed by atoms with Gasteiger partial charge < -0.3 is 10.2 Å². The molecule has 2 aromatic rings. The Balaban J connectivity index is 2.10. The lowest BCUT2D eigenvalue weighted by atomic mass is 10.1. The van der Waals surface area contributed by atoms with Crippen molar-refractivity contribution in [3.05, 3.63) is 70.7 Å². The van der Waals surface area contributed by atoms with Crippen molar-refractivity contribution in [1.82, 2.24) is 10.2 Å². The molecular formula is C24H31ClN2O2. The fraction of sp³-hybridized carbons (Fsp3) is 0.417. The van der Waals surface area contributed by atoms with E-state index in [-0.39, 0.29) is 17.4 Å². The number of carbonyl (C=O) groups excluding carboxylic acids is 2. The van der Waals surface area contributed by atoms with E-state index in [0.717, 1.165) is 11.1 Å². The van der Waals surface area contributed by atoms with Crippen LogP contribution >= 0.6 is 11.6 Å². The van der Waals surface area contributed by atoms with Crippen molar-refractivity contribution in [3.8, 4) is 0 Å². The first-order chi connectivity index (χ1) is 13.7. The number of carbonyl (C=O) groups is 2. The summed E-state index contributed by atoms with van der Waals surface area (Å²) in [6.07, 6.45) is 1.56. The summed E-state index contributed by atoms with van der Waals surface area (Å²) in [6.45, 7) is 8.09. The number of halogens is 1. The maximum Gasteiger partial charge on any atom is 0.242 e. The van der Waals surface area contributed by atoms with Gasteiger partial charge in [0.2, 0.25) is 11.8 Å². The molecule has 4 nitrogen and oxygen atoms in total. The van der Waals surface area contributed by atoms with Crippen molar-refractivity contribution in [2.75, 3.05) is 6.54 Å². The molecule has 0 fully saturated rings. The fourth-order valence-corrected chi connectivity index (χ4v) is 3.36. The Kier molecular flexibility index (Phi) is 8.27. The standard InChI is InChI=1S/C24H31ClN2O2/c1-18(23(29)26-24(2,3)4)27(17-16-19-10-6-5-7-11-19)22(28)15-14-20-12-8-9-13-21(20)25/h5-13,18H,14-17H2,1-4H3,(H,26,29)/t18-/m1/s1. The van der Waals surface area contributed by atoms with Crippen LogP contribution in [0.2, 0.25) is 5.02 Å². The van der Waals surface area contributed by atoms with Crippen LogP contribution in [-0.4, -0.2) is 34.8 Å². The van der Waals surface area contributed by atoms with Gasteiger partial charge in [0.25, 0.3) is 0 Å². The number of hydrogen-bond donors (Lipinski definition) is 1. The summed E-state index contributed by atoms with van der Waals surface area (Å²) < 4.78 is 0.